The number of pyridine rings is 1. The SMILES string of the molecule is CCOCc1cc(CN2CCC[C@H](c3cc(=O)[nH]c(-c4cccnc4)n3)C2)ccc1OC. The molecule has 4 rings (SSSR count). The summed E-state index contributed by atoms with van der Waals surface area (Å²) in [6.07, 6.45) is 5.53. The number of hydrogen-bond acceptors (Lipinski definition) is 6. The third-order valence-electron chi connectivity index (χ3n) is 5.83. The van der Waals surface area contributed by atoms with Crippen LogP contribution in [-0.2, 0) is 17.9 Å². The molecule has 1 aromatic carbocycles. The fourth-order valence-electron chi connectivity index (χ4n) is 4.28. The Morgan fingerprint density at radius 1 is 1.25 bits per heavy atom. The molecule has 1 atom stereocenters. The van der Waals surface area contributed by atoms with Crippen molar-refractivity contribution >= 4 is 0 Å². The number of piperidine rings is 1. The van der Waals surface area contributed by atoms with Gasteiger partial charge in [0.2, 0.25) is 0 Å². The fourth-order valence-corrected chi connectivity index (χ4v) is 4.28. The van der Waals surface area contributed by atoms with Crippen LogP contribution in [0.15, 0.2) is 53.6 Å². The quantitative estimate of drug-likeness (QED) is 0.582. The number of methoxy groups -OCH3 is 1. The van der Waals surface area contributed by atoms with Gasteiger partial charge in [0.15, 0.2) is 0 Å². The van der Waals surface area contributed by atoms with Gasteiger partial charge in [-0.15, -0.1) is 0 Å². The van der Waals surface area contributed by atoms with Crippen LogP contribution in [0.5, 0.6) is 5.75 Å². The predicted molar refractivity (Wildman–Crippen MR) is 124 cm³/mol. The van der Waals surface area contributed by atoms with Gasteiger partial charge in [-0.1, -0.05) is 6.07 Å². The fraction of sp³-hybridized carbons (Fsp3) is 0.400. The molecule has 0 aliphatic carbocycles. The van der Waals surface area contributed by atoms with Crippen molar-refractivity contribution in [3.8, 4) is 17.1 Å². The van der Waals surface area contributed by atoms with Crippen LogP contribution in [0.1, 0.15) is 42.5 Å². The van der Waals surface area contributed by atoms with E-state index in [0.29, 0.717) is 19.0 Å². The molecular weight excluding hydrogens is 404 g/mol. The molecule has 3 heterocycles. The minimum atomic E-state index is -0.123. The summed E-state index contributed by atoms with van der Waals surface area (Å²) in [6, 6.07) is 11.7. The van der Waals surface area contributed by atoms with Crippen molar-refractivity contribution in [3.05, 3.63) is 76.0 Å². The number of likely N-dealkylation sites (tertiary alicyclic amines) is 1. The minimum absolute atomic E-state index is 0.123. The van der Waals surface area contributed by atoms with E-state index >= 15 is 0 Å². The Morgan fingerprint density at radius 2 is 2.16 bits per heavy atom. The predicted octanol–water partition coefficient (Wildman–Crippen LogP) is 3.76. The first-order valence-electron chi connectivity index (χ1n) is 11.1. The molecule has 1 aliphatic heterocycles. The molecule has 168 valence electrons. The van der Waals surface area contributed by atoms with Crippen LogP contribution in [0, 0.1) is 0 Å². The molecule has 0 unspecified atom stereocenters. The van der Waals surface area contributed by atoms with Gasteiger partial charge in [-0.05, 0) is 56.1 Å². The summed E-state index contributed by atoms with van der Waals surface area (Å²) in [6.45, 7) is 5.96. The Labute approximate surface area is 188 Å². The second-order valence-corrected chi connectivity index (χ2v) is 8.12. The van der Waals surface area contributed by atoms with E-state index in [0.717, 1.165) is 55.0 Å². The van der Waals surface area contributed by atoms with Gasteiger partial charge in [-0.3, -0.25) is 14.7 Å². The van der Waals surface area contributed by atoms with Crippen molar-refractivity contribution in [1.29, 1.82) is 0 Å². The maximum Gasteiger partial charge on any atom is 0.251 e. The van der Waals surface area contributed by atoms with Crippen LogP contribution in [0.4, 0.5) is 0 Å². The van der Waals surface area contributed by atoms with Crippen LogP contribution in [0.2, 0.25) is 0 Å². The molecule has 32 heavy (non-hydrogen) atoms. The van der Waals surface area contributed by atoms with Crippen molar-refractivity contribution in [1.82, 2.24) is 19.9 Å². The lowest BCUT2D eigenvalue weighted by Gasteiger charge is -2.32. The first kappa shape index (κ1) is 22.2. The van der Waals surface area contributed by atoms with Crippen molar-refractivity contribution < 1.29 is 9.47 Å². The van der Waals surface area contributed by atoms with Gasteiger partial charge >= 0.3 is 0 Å². The summed E-state index contributed by atoms with van der Waals surface area (Å²) in [7, 11) is 1.69. The monoisotopic (exact) mass is 434 g/mol. The van der Waals surface area contributed by atoms with E-state index in [4.69, 9.17) is 14.5 Å². The molecule has 1 N–H and O–H groups in total. The number of nitrogens with zero attached hydrogens (tertiary/aromatic N) is 3. The largest absolute Gasteiger partial charge is 0.496 e. The van der Waals surface area contributed by atoms with Crippen LogP contribution < -0.4 is 10.3 Å². The summed E-state index contributed by atoms with van der Waals surface area (Å²) in [5.41, 5.74) is 3.85. The standard InChI is InChI=1S/C25H30N4O3/c1-3-32-17-21-12-18(8-9-23(21)31-2)15-29-11-5-7-20(16-29)22-13-24(30)28-25(27-22)19-6-4-10-26-14-19/h4,6,8-10,12-14,20H,3,5,7,11,15-17H2,1-2H3,(H,27,28,30)/t20-/m0/s1. The third kappa shape index (κ3) is 5.41. The average Bonchev–Trinajstić information content (AvgIpc) is 2.83. The van der Waals surface area contributed by atoms with E-state index in [1.807, 2.05) is 25.1 Å². The van der Waals surface area contributed by atoms with Gasteiger partial charge in [-0.25, -0.2) is 4.98 Å². The molecule has 0 bridgehead atoms. The Bertz CT molecular complexity index is 1080. The molecular formula is C25H30N4O3. The number of benzene rings is 1. The number of rotatable bonds is 8. The molecule has 0 saturated carbocycles. The Balaban J connectivity index is 1.50. The molecule has 0 radical (unpaired) electrons. The van der Waals surface area contributed by atoms with Crippen LogP contribution in [-0.4, -0.2) is 46.7 Å². The second kappa shape index (κ2) is 10.5. The highest BCUT2D eigenvalue weighted by Gasteiger charge is 2.24. The van der Waals surface area contributed by atoms with Crippen LogP contribution >= 0.6 is 0 Å². The minimum Gasteiger partial charge on any atom is -0.496 e. The zero-order valence-electron chi connectivity index (χ0n) is 18.7. The highest BCUT2D eigenvalue weighted by Crippen LogP contribution is 2.28. The Kier molecular flexibility index (Phi) is 7.29. The number of hydrogen-bond donors (Lipinski definition) is 1. The van der Waals surface area contributed by atoms with E-state index in [1.54, 1.807) is 25.6 Å². The summed E-state index contributed by atoms with van der Waals surface area (Å²) in [4.78, 5) is 26.5. The van der Waals surface area contributed by atoms with Crippen LogP contribution in [0.25, 0.3) is 11.4 Å². The Hall–Kier alpha value is -3.03. The molecule has 0 amide bonds. The van der Waals surface area contributed by atoms with Gasteiger partial charge < -0.3 is 14.5 Å². The van der Waals surface area contributed by atoms with Gasteiger partial charge in [0.1, 0.15) is 11.6 Å². The lowest BCUT2D eigenvalue weighted by molar-refractivity contribution is 0.131. The number of ether oxygens (including phenoxy) is 2. The van der Waals surface area contributed by atoms with Crippen molar-refractivity contribution in [2.45, 2.75) is 38.8 Å². The van der Waals surface area contributed by atoms with E-state index in [-0.39, 0.29) is 11.5 Å². The second-order valence-electron chi connectivity index (χ2n) is 8.12. The van der Waals surface area contributed by atoms with Gasteiger partial charge in [0.25, 0.3) is 5.56 Å². The molecule has 7 nitrogen and oxygen atoms in total. The molecule has 0 spiro atoms. The lowest BCUT2D eigenvalue weighted by Crippen LogP contribution is -2.34. The number of aromatic amines is 1. The molecule has 3 aromatic rings. The highest BCUT2D eigenvalue weighted by molar-refractivity contribution is 5.52. The van der Waals surface area contributed by atoms with Crippen LogP contribution in [0.3, 0.4) is 0 Å². The summed E-state index contributed by atoms with van der Waals surface area (Å²) < 4.78 is 11.1. The maximum atomic E-state index is 12.3. The van der Waals surface area contributed by atoms with Crippen molar-refractivity contribution in [2.75, 3.05) is 26.8 Å². The highest BCUT2D eigenvalue weighted by atomic mass is 16.5. The topological polar surface area (TPSA) is 80.3 Å². The first-order chi connectivity index (χ1) is 15.7. The average molecular weight is 435 g/mol. The van der Waals surface area contributed by atoms with E-state index < -0.39 is 0 Å². The van der Waals surface area contributed by atoms with Gasteiger partial charge in [0.05, 0.1) is 19.4 Å². The zero-order valence-corrected chi connectivity index (χ0v) is 18.7. The normalized spacial score (nSPS) is 16.8. The third-order valence-corrected chi connectivity index (χ3v) is 5.83. The molecule has 7 heteroatoms. The van der Waals surface area contributed by atoms with E-state index in [9.17, 15) is 4.79 Å². The summed E-state index contributed by atoms with van der Waals surface area (Å²) in [5, 5.41) is 0. The lowest BCUT2D eigenvalue weighted by atomic mass is 9.94. The van der Waals surface area contributed by atoms with Gasteiger partial charge in [-0.2, -0.15) is 0 Å². The number of aromatic nitrogens is 3. The zero-order chi connectivity index (χ0) is 22.3. The smallest absolute Gasteiger partial charge is 0.251 e. The van der Waals surface area contributed by atoms with Crippen molar-refractivity contribution in [3.63, 3.8) is 0 Å². The summed E-state index contributed by atoms with van der Waals surface area (Å²) >= 11 is 0. The molecule has 1 saturated heterocycles. The maximum absolute atomic E-state index is 12.3. The number of nitrogens with one attached hydrogen (secondary N) is 1. The first-order valence-corrected chi connectivity index (χ1v) is 11.1. The Morgan fingerprint density at radius 3 is 2.94 bits per heavy atom. The van der Waals surface area contributed by atoms with Crippen molar-refractivity contribution in [2.24, 2.45) is 0 Å². The number of H-pyrrole nitrogens is 1. The summed E-state index contributed by atoms with van der Waals surface area (Å²) in [5.74, 6) is 1.66. The van der Waals surface area contributed by atoms with E-state index in [2.05, 4.69) is 27.0 Å². The molecule has 2 aromatic heterocycles. The van der Waals surface area contributed by atoms with Gasteiger partial charge in [0, 0.05) is 55.2 Å². The molecule has 1 fully saturated rings. The van der Waals surface area contributed by atoms with E-state index in [1.165, 1.54) is 5.56 Å². The molecule has 1 aliphatic rings.